The number of hydrogen-bond acceptors (Lipinski definition) is 3. The van der Waals surface area contributed by atoms with Gasteiger partial charge in [-0.05, 0) is 13.8 Å². The third kappa shape index (κ3) is 3.72. The van der Waals surface area contributed by atoms with Crippen molar-refractivity contribution < 1.29 is 14.9 Å². The van der Waals surface area contributed by atoms with Crippen molar-refractivity contribution in [3.05, 3.63) is 0 Å². The summed E-state index contributed by atoms with van der Waals surface area (Å²) in [7, 11) is 0. The Labute approximate surface area is 42.8 Å². The van der Waals surface area contributed by atoms with Crippen molar-refractivity contribution in [2.45, 2.75) is 20.1 Å². The maximum atomic E-state index is 7.84. The van der Waals surface area contributed by atoms with Gasteiger partial charge >= 0.3 is 0 Å². The highest BCUT2D eigenvalue weighted by atomic mass is 17.1. The maximum Gasteiger partial charge on any atom is 0.188 e. The zero-order valence-electron chi connectivity index (χ0n) is 4.55. The highest BCUT2D eigenvalue weighted by molar-refractivity contribution is 4.20. The molecule has 3 heteroatoms. The first kappa shape index (κ1) is 6.88. The molecule has 0 aliphatic heterocycles. The van der Waals surface area contributed by atoms with Gasteiger partial charge < -0.3 is 4.74 Å². The van der Waals surface area contributed by atoms with Crippen LogP contribution in [0.25, 0.3) is 0 Å². The second-order valence-electron chi connectivity index (χ2n) is 1.13. The van der Waals surface area contributed by atoms with Gasteiger partial charge in [-0.1, -0.05) is 0 Å². The van der Waals surface area contributed by atoms with E-state index in [0.29, 0.717) is 6.61 Å². The summed E-state index contributed by atoms with van der Waals surface area (Å²) in [5.74, 6) is 0. The van der Waals surface area contributed by atoms with Crippen LogP contribution < -0.4 is 0 Å². The van der Waals surface area contributed by atoms with Crippen molar-refractivity contribution in [1.82, 2.24) is 0 Å². The summed E-state index contributed by atoms with van der Waals surface area (Å²) in [5, 5.41) is 7.84. The average molecular weight is 106 g/mol. The van der Waals surface area contributed by atoms with Crippen molar-refractivity contribution >= 4 is 0 Å². The molecular weight excluding hydrogens is 96.0 g/mol. The van der Waals surface area contributed by atoms with Gasteiger partial charge in [0.15, 0.2) is 6.29 Å². The van der Waals surface area contributed by atoms with E-state index in [1.54, 1.807) is 6.92 Å². The van der Waals surface area contributed by atoms with Crippen LogP contribution in [-0.2, 0) is 9.62 Å². The normalized spacial score (nSPS) is 14.1. The maximum absolute atomic E-state index is 7.84. The molecule has 0 amide bonds. The van der Waals surface area contributed by atoms with Gasteiger partial charge in [0.2, 0.25) is 0 Å². The van der Waals surface area contributed by atoms with Gasteiger partial charge in [0, 0.05) is 6.61 Å². The molecule has 44 valence electrons. The van der Waals surface area contributed by atoms with E-state index in [9.17, 15) is 0 Å². The Bertz CT molecular complexity index is 37.9. The minimum absolute atomic E-state index is 0.495. The molecule has 0 bridgehead atoms. The fourth-order valence-electron chi connectivity index (χ4n) is 0.265. The first-order valence-electron chi connectivity index (χ1n) is 2.23. The molecule has 0 rings (SSSR count). The third-order valence-corrected chi connectivity index (χ3v) is 0.550. The Kier molecular flexibility index (Phi) is 3.98. The van der Waals surface area contributed by atoms with E-state index in [2.05, 4.69) is 4.89 Å². The fourth-order valence-corrected chi connectivity index (χ4v) is 0.265. The van der Waals surface area contributed by atoms with Gasteiger partial charge in [-0.15, -0.1) is 0 Å². The fraction of sp³-hybridized carbons (Fsp3) is 1.00. The largest absolute Gasteiger partial charge is 0.350 e. The predicted octanol–water partition coefficient (Wildman–Crippen LogP) is 0.859. The summed E-state index contributed by atoms with van der Waals surface area (Å²) < 4.78 is 4.72. The molecule has 0 heterocycles. The van der Waals surface area contributed by atoms with Crippen LogP contribution >= 0.6 is 0 Å². The van der Waals surface area contributed by atoms with Gasteiger partial charge in [-0.2, -0.15) is 0 Å². The second kappa shape index (κ2) is 4.05. The van der Waals surface area contributed by atoms with Gasteiger partial charge in [0.1, 0.15) is 0 Å². The Balaban J connectivity index is 2.83. The quantitative estimate of drug-likeness (QED) is 0.329. The first-order valence-corrected chi connectivity index (χ1v) is 2.23. The molecule has 7 heavy (non-hydrogen) atoms. The third-order valence-electron chi connectivity index (χ3n) is 0.550. The number of rotatable bonds is 3. The number of ether oxygens (including phenoxy) is 1. The van der Waals surface area contributed by atoms with Crippen molar-refractivity contribution in [2.75, 3.05) is 6.61 Å². The van der Waals surface area contributed by atoms with E-state index in [1.165, 1.54) is 0 Å². The van der Waals surface area contributed by atoms with Crippen LogP contribution in [0.2, 0.25) is 0 Å². The standard InChI is InChI=1S/C4H10O3/c1-3-6-4(2)7-5/h4-5H,3H2,1-2H3/t4-/m0/s1. The van der Waals surface area contributed by atoms with Crippen LogP contribution in [0.5, 0.6) is 0 Å². The molecule has 0 radical (unpaired) electrons. The van der Waals surface area contributed by atoms with Crippen LogP contribution in [0.4, 0.5) is 0 Å². The Morgan fingerprint density at radius 1 is 1.71 bits per heavy atom. The molecule has 0 spiro atoms. The van der Waals surface area contributed by atoms with E-state index < -0.39 is 6.29 Å². The minimum atomic E-state index is -0.495. The van der Waals surface area contributed by atoms with E-state index in [0.717, 1.165) is 0 Å². The SMILES string of the molecule is CCO[C@H](C)OO. The Morgan fingerprint density at radius 3 is 2.43 bits per heavy atom. The Hall–Kier alpha value is -0.120. The van der Waals surface area contributed by atoms with Crippen LogP contribution in [0.1, 0.15) is 13.8 Å². The lowest BCUT2D eigenvalue weighted by Gasteiger charge is -2.04. The summed E-state index contributed by atoms with van der Waals surface area (Å²) in [6.45, 7) is 4.00. The predicted molar refractivity (Wildman–Crippen MR) is 24.8 cm³/mol. The summed E-state index contributed by atoms with van der Waals surface area (Å²) in [4.78, 5) is 3.77. The molecule has 0 saturated carbocycles. The summed E-state index contributed by atoms with van der Waals surface area (Å²) in [5.41, 5.74) is 0. The minimum Gasteiger partial charge on any atom is -0.350 e. The van der Waals surface area contributed by atoms with Crippen molar-refractivity contribution in [2.24, 2.45) is 0 Å². The zero-order chi connectivity index (χ0) is 5.70. The Morgan fingerprint density at radius 2 is 2.29 bits per heavy atom. The average Bonchev–Trinajstić information content (AvgIpc) is 1.68. The molecule has 0 aromatic heterocycles. The molecule has 0 fully saturated rings. The van der Waals surface area contributed by atoms with E-state index >= 15 is 0 Å². The topological polar surface area (TPSA) is 38.7 Å². The lowest BCUT2D eigenvalue weighted by atomic mass is 10.7. The summed E-state index contributed by atoms with van der Waals surface area (Å²) in [6, 6.07) is 0. The van der Waals surface area contributed by atoms with Gasteiger partial charge in [-0.25, -0.2) is 10.1 Å². The van der Waals surface area contributed by atoms with E-state index in [1.807, 2.05) is 6.92 Å². The van der Waals surface area contributed by atoms with E-state index in [-0.39, 0.29) is 0 Å². The molecule has 0 unspecified atom stereocenters. The molecule has 0 aliphatic carbocycles. The smallest absolute Gasteiger partial charge is 0.188 e. The molecule has 0 aromatic carbocycles. The lowest BCUT2D eigenvalue weighted by molar-refractivity contribution is -0.338. The zero-order valence-corrected chi connectivity index (χ0v) is 4.55. The van der Waals surface area contributed by atoms with Crippen LogP contribution in [0.3, 0.4) is 0 Å². The van der Waals surface area contributed by atoms with Crippen molar-refractivity contribution in [3.63, 3.8) is 0 Å². The second-order valence-corrected chi connectivity index (χ2v) is 1.13. The van der Waals surface area contributed by atoms with E-state index in [4.69, 9.17) is 9.99 Å². The molecule has 0 saturated heterocycles. The van der Waals surface area contributed by atoms with Crippen LogP contribution in [0, 0.1) is 0 Å². The summed E-state index contributed by atoms with van der Waals surface area (Å²) >= 11 is 0. The van der Waals surface area contributed by atoms with Gasteiger partial charge in [-0.3, -0.25) is 0 Å². The van der Waals surface area contributed by atoms with Crippen LogP contribution in [0.15, 0.2) is 0 Å². The molecule has 0 aromatic rings. The molecule has 0 aliphatic rings. The molecule has 1 atom stereocenters. The first-order chi connectivity index (χ1) is 3.31. The number of hydrogen-bond donors (Lipinski definition) is 1. The highest BCUT2D eigenvalue weighted by Gasteiger charge is 1.94. The van der Waals surface area contributed by atoms with Gasteiger partial charge in [0.05, 0.1) is 0 Å². The van der Waals surface area contributed by atoms with Crippen molar-refractivity contribution in [3.8, 4) is 0 Å². The van der Waals surface area contributed by atoms with Crippen LogP contribution in [-0.4, -0.2) is 18.2 Å². The molecule has 3 nitrogen and oxygen atoms in total. The van der Waals surface area contributed by atoms with Crippen molar-refractivity contribution in [1.29, 1.82) is 0 Å². The monoisotopic (exact) mass is 106 g/mol. The molecule has 1 N–H and O–H groups in total. The molecular formula is C4H10O3. The summed E-state index contributed by atoms with van der Waals surface area (Å²) in [6.07, 6.45) is -0.495. The lowest BCUT2D eigenvalue weighted by Crippen LogP contribution is -2.09. The highest BCUT2D eigenvalue weighted by Crippen LogP contribution is 1.86. The van der Waals surface area contributed by atoms with Gasteiger partial charge in [0.25, 0.3) is 0 Å².